The fourth-order valence-electron chi connectivity index (χ4n) is 4.14. The fraction of sp³-hybridized carbons (Fsp3) is 0.286. The molecule has 2 bridgehead atoms. The third kappa shape index (κ3) is 3.24. The Hall–Kier alpha value is -2.99. The van der Waals surface area contributed by atoms with Crippen molar-refractivity contribution in [2.75, 3.05) is 0 Å². The Balaban J connectivity index is 1.37. The van der Waals surface area contributed by atoms with E-state index < -0.39 is 0 Å². The molecule has 5 rings (SSSR count). The van der Waals surface area contributed by atoms with Crippen LogP contribution in [-0.2, 0) is 0 Å². The van der Waals surface area contributed by atoms with Crippen LogP contribution in [-0.4, -0.2) is 36.9 Å². The van der Waals surface area contributed by atoms with Crippen molar-refractivity contribution in [3.05, 3.63) is 60.3 Å². The molecule has 1 aromatic carbocycles. The van der Waals surface area contributed by atoms with Crippen molar-refractivity contribution in [1.29, 1.82) is 0 Å². The number of aromatic hydroxyl groups is 1. The van der Waals surface area contributed by atoms with Crippen molar-refractivity contribution >= 4 is 6.08 Å². The average molecular weight is 359 g/mol. The molecule has 2 unspecified atom stereocenters. The number of phenolic OH excluding ortho intramolecular Hbond substituents is 1. The highest BCUT2D eigenvalue weighted by Gasteiger charge is 2.30. The summed E-state index contributed by atoms with van der Waals surface area (Å²) >= 11 is 0. The van der Waals surface area contributed by atoms with Crippen LogP contribution in [0.3, 0.4) is 0 Å². The quantitative estimate of drug-likeness (QED) is 0.750. The molecular formula is C21H21N5O. The molecule has 2 N–H and O–H groups in total. The molecule has 2 aromatic heterocycles. The van der Waals surface area contributed by atoms with E-state index in [1.54, 1.807) is 18.6 Å². The SMILES string of the molecule is Oc1cc(-n2ccnc2)ccc1-c1ccc(C=C2CC3CCC(C2)N3)nn1. The standard InChI is InChI=1S/C21H21N5O/c27-21-12-18(26-8-7-22-13-26)4-5-19(21)20-6-3-17(24-25-20)11-14-9-15-1-2-16(10-14)23-15/h3-8,11-13,15-16,23,27H,1-2,9-10H2. The first-order valence-corrected chi connectivity index (χ1v) is 9.35. The molecule has 0 radical (unpaired) electrons. The lowest BCUT2D eigenvalue weighted by Gasteiger charge is -2.23. The first kappa shape index (κ1) is 16.2. The number of benzene rings is 1. The topological polar surface area (TPSA) is 75.9 Å². The zero-order valence-electron chi connectivity index (χ0n) is 14.9. The van der Waals surface area contributed by atoms with Crippen LogP contribution in [0.25, 0.3) is 23.0 Å². The number of hydrogen-bond donors (Lipinski definition) is 2. The van der Waals surface area contributed by atoms with Gasteiger partial charge in [0, 0.05) is 36.1 Å². The van der Waals surface area contributed by atoms with Crippen LogP contribution in [0.1, 0.15) is 31.4 Å². The molecule has 0 spiro atoms. The molecule has 2 saturated heterocycles. The minimum absolute atomic E-state index is 0.177. The number of hydrogen-bond acceptors (Lipinski definition) is 5. The molecule has 2 fully saturated rings. The van der Waals surface area contributed by atoms with Gasteiger partial charge in [0.25, 0.3) is 0 Å². The van der Waals surface area contributed by atoms with Crippen molar-refractivity contribution in [1.82, 2.24) is 25.1 Å². The van der Waals surface area contributed by atoms with Gasteiger partial charge in [-0.2, -0.15) is 5.10 Å². The lowest BCUT2D eigenvalue weighted by molar-refractivity contribution is 0.476. The molecular weight excluding hydrogens is 338 g/mol. The van der Waals surface area contributed by atoms with E-state index in [0.717, 1.165) is 24.2 Å². The third-order valence-electron chi connectivity index (χ3n) is 5.45. The summed E-state index contributed by atoms with van der Waals surface area (Å²) in [6.07, 6.45) is 12.2. The molecule has 0 saturated carbocycles. The molecule has 136 valence electrons. The highest BCUT2D eigenvalue weighted by molar-refractivity contribution is 5.69. The summed E-state index contributed by atoms with van der Waals surface area (Å²) in [5.41, 5.74) is 4.52. The zero-order chi connectivity index (χ0) is 18.2. The van der Waals surface area contributed by atoms with Gasteiger partial charge in [-0.25, -0.2) is 4.98 Å². The largest absolute Gasteiger partial charge is 0.507 e. The van der Waals surface area contributed by atoms with Gasteiger partial charge in [-0.05, 0) is 56.0 Å². The normalized spacial score (nSPS) is 21.4. The van der Waals surface area contributed by atoms with Crippen molar-refractivity contribution in [3.63, 3.8) is 0 Å². The highest BCUT2D eigenvalue weighted by Crippen LogP contribution is 2.32. The summed E-state index contributed by atoms with van der Waals surface area (Å²) in [5.74, 6) is 0.177. The smallest absolute Gasteiger partial charge is 0.127 e. The second-order valence-electron chi connectivity index (χ2n) is 7.36. The van der Waals surface area contributed by atoms with Crippen molar-refractivity contribution in [2.45, 2.75) is 37.8 Å². The van der Waals surface area contributed by atoms with Gasteiger partial charge >= 0.3 is 0 Å². The van der Waals surface area contributed by atoms with E-state index in [1.165, 1.54) is 18.4 Å². The molecule has 6 heteroatoms. The van der Waals surface area contributed by atoms with Gasteiger partial charge < -0.3 is 15.0 Å². The predicted octanol–water partition coefficient (Wildman–Crippen LogP) is 3.33. The number of nitrogens with one attached hydrogen (secondary N) is 1. The lowest BCUT2D eigenvalue weighted by Crippen LogP contribution is -2.34. The number of rotatable bonds is 3. The van der Waals surface area contributed by atoms with Crippen LogP contribution in [0.15, 0.2) is 54.6 Å². The molecule has 2 aliphatic heterocycles. The average Bonchev–Trinajstić information content (AvgIpc) is 3.32. The van der Waals surface area contributed by atoms with E-state index in [0.29, 0.717) is 23.3 Å². The fourth-order valence-corrected chi connectivity index (χ4v) is 4.14. The van der Waals surface area contributed by atoms with E-state index in [-0.39, 0.29) is 5.75 Å². The van der Waals surface area contributed by atoms with Crippen molar-refractivity contribution < 1.29 is 5.11 Å². The van der Waals surface area contributed by atoms with Gasteiger partial charge in [0.1, 0.15) is 5.75 Å². The summed E-state index contributed by atoms with van der Waals surface area (Å²) in [4.78, 5) is 4.03. The molecule has 0 aliphatic carbocycles. The number of aromatic nitrogens is 4. The van der Waals surface area contributed by atoms with E-state index in [9.17, 15) is 5.11 Å². The minimum atomic E-state index is 0.177. The number of piperidine rings is 1. The van der Waals surface area contributed by atoms with E-state index in [1.807, 2.05) is 35.0 Å². The first-order chi connectivity index (χ1) is 13.2. The lowest BCUT2D eigenvalue weighted by atomic mass is 9.98. The number of phenols is 1. The monoisotopic (exact) mass is 359 g/mol. The van der Waals surface area contributed by atoms with Crippen LogP contribution in [0.2, 0.25) is 0 Å². The van der Waals surface area contributed by atoms with Gasteiger partial charge in [-0.15, -0.1) is 5.10 Å². The van der Waals surface area contributed by atoms with Crippen LogP contribution >= 0.6 is 0 Å². The second-order valence-corrected chi connectivity index (χ2v) is 7.36. The number of imidazole rings is 1. The van der Waals surface area contributed by atoms with Gasteiger partial charge in [-0.3, -0.25) is 0 Å². The van der Waals surface area contributed by atoms with Gasteiger partial charge in [0.15, 0.2) is 0 Å². The van der Waals surface area contributed by atoms with Crippen LogP contribution < -0.4 is 5.32 Å². The van der Waals surface area contributed by atoms with Crippen LogP contribution in [0.4, 0.5) is 0 Å². The molecule has 2 aliphatic rings. The van der Waals surface area contributed by atoms with E-state index >= 15 is 0 Å². The predicted molar refractivity (Wildman–Crippen MR) is 103 cm³/mol. The van der Waals surface area contributed by atoms with E-state index in [2.05, 4.69) is 26.6 Å². The number of fused-ring (bicyclic) bond motifs is 2. The third-order valence-corrected chi connectivity index (χ3v) is 5.45. The molecule has 2 atom stereocenters. The van der Waals surface area contributed by atoms with Gasteiger partial charge in [0.2, 0.25) is 0 Å². The zero-order valence-corrected chi connectivity index (χ0v) is 14.9. The maximum absolute atomic E-state index is 10.4. The summed E-state index contributed by atoms with van der Waals surface area (Å²) in [6, 6.07) is 10.7. The second kappa shape index (κ2) is 6.63. The molecule has 6 nitrogen and oxygen atoms in total. The number of nitrogens with zero attached hydrogens (tertiary/aromatic N) is 4. The Morgan fingerprint density at radius 2 is 1.93 bits per heavy atom. The minimum Gasteiger partial charge on any atom is -0.507 e. The first-order valence-electron chi connectivity index (χ1n) is 9.35. The maximum Gasteiger partial charge on any atom is 0.127 e. The van der Waals surface area contributed by atoms with Gasteiger partial charge in [0.05, 0.1) is 23.4 Å². The Morgan fingerprint density at radius 1 is 1.07 bits per heavy atom. The summed E-state index contributed by atoms with van der Waals surface area (Å²) in [7, 11) is 0. The van der Waals surface area contributed by atoms with Gasteiger partial charge in [-0.1, -0.05) is 5.57 Å². The summed E-state index contributed by atoms with van der Waals surface area (Å²) < 4.78 is 1.84. The molecule has 4 heterocycles. The van der Waals surface area contributed by atoms with Crippen molar-refractivity contribution in [3.8, 4) is 22.7 Å². The van der Waals surface area contributed by atoms with E-state index in [4.69, 9.17) is 0 Å². The van der Waals surface area contributed by atoms with Crippen LogP contribution in [0, 0.1) is 0 Å². The Labute approximate surface area is 157 Å². The molecule has 3 aromatic rings. The Bertz CT molecular complexity index is 964. The molecule has 0 amide bonds. The molecule has 27 heavy (non-hydrogen) atoms. The Morgan fingerprint density at radius 3 is 2.59 bits per heavy atom. The Kier molecular flexibility index (Phi) is 3.98. The summed E-state index contributed by atoms with van der Waals surface area (Å²) in [5, 5.41) is 22.8. The summed E-state index contributed by atoms with van der Waals surface area (Å²) in [6.45, 7) is 0. The van der Waals surface area contributed by atoms with Crippen LogP contribution in [0.5, 0.6) is 5.75 Å². The highest BCUT2D eigenvalue weighted by atomic mass is 16.3. The maximum atomic E-state index is 10.4. The van der Waals surface area contributed by atoms with Crippen molar-refractivity contribution in [2.24, 2.45) is 0 Å².